The number of hydrogen-bond acceptors (Lipinski definition) is 4. The number of aromatic amines is 1. The Morgan fingerprint density at radius 1 is 1.16 bits per heavy atom. The number of aromatic nitrogens is 3. The smallest absolute Gasteiger partial charge is 0.251 e. The minimum absolute atomic E-state index is 0.0564. The Morgan fingerprint density at radius 3 is 2.77 bits per heavy atom. The number of H-pyrrole nitrogens is 1. The minimum Gasteiger partial charge on any atom is -0.378 e. The van der Waals surface area contributed by atoms with E-state index in [1.54, 1.807) is 10.6 Å². The van der Waals surface area contributed by atoms with E-state index in [0.29, 0.717) is 11.6 Å². The van der Waals surface area contributed by atoms with E-state index in [9.17, 15) is 4.79 Å². The van der Waals surface area contributed by atoms with Gasteiger partial charge < -0.3 is 19.2 Å². The number of halogens is 2. The van der Waals surface area contributed by atoms with Gasteiger partial charge in [0.2, 0.25) is 0 Å². The van der Waals surface area contributed by atoms with Crippen molar-refractivity contribution in [2.75, 3.05) is 31.2 Å². The SMILES string of the molecule is O=c1cc(-c2c[nH]c3ncc(N4CCOCC4)cc23)ccn1Cc1cc(Cl)cc(I)c1. The molecule has 3 aromatic heterocycles. The molecule has 0 unspecified atom stereocenters. The number of hydrogen-bond donors (Lipinski definition) is 1. The van der Waals surface area contributed by atoms with Crippen LogP contribution in [-0.4, -0.2) is 40.8 Å². The van der Waals surface area contributed by atoms with Gasteiger partial charge in [-0.25, -0.2) is 4.98 Å². The van der Waals surface area contributed by atoms with Crippen molar-refractivity contribution in [2.24, 2.45) is 0 Å². The van der Waals surface area contributed by atoms with Crippen LogP contribution >= 0.6 is 34.2 Å². The summed E-state index contributed by atoms with van der Waals surface area (Å²) in [6, 6.07) is 11.6. The third kappa shape index (κ3) is 4.35. The maximum Gasteiger partial charge on any atom is 0.251 e. The number of pyridine rings is 2. The molecule has 0 spiro atoms. The summed E-state index contributed by atoms with van der Waals surface area (Å²) in [5.74, 6) is 0. The van der Waals surface area contributed by atoms with Crippen molar-refractivity contribution in [1.29, 1.82) is 0 Å². The number of nitrogens with one attached hydrogen (secondary N) is 1. The minimum atomic E-state index is -0.0564. The molecule has 0 aliphatic carbocycles. The van der Waals surface area contributed by atoms with Crippen LogP contribution in [0.3, 0.4) is 0 Å². The molecular weight excluding hydrogens is 527 g/mol. The lowest BCUT2D eigenvalue weighted by atomic mass is 10.1. The summed E-state index contributed by atoms with van der Waals surface area (Å²) in [5.41, 5.74) is 4.66. The van der Waals surface area contributed by atoms with Crippen molar-refractivity contribution in [3.63, 3.8) is 0 Å². The molecule has 0 bridgehead atoms. The summed E-state index contributed by atoms with van der Waals surface area (Å²) in [4.78, 5) is 22.9. The van der Waals surface area contributed by atoms with Crippen molar-refractivity contribution in [1.82, 2.24) is 14.5 Å². The average Bonchev–Trinajstić information content (AvgIpc) is 3.18. The van der Waals surface area contributed by atoms with Crippen LogP contribution in [0.25, 0.3) is 22.2 Å². The Labute approximate surface area is 198 Å². The molecule has 4 heterocycles. The van der Waals surface area contributed by atoms with E-state index in [2.05, 4.69) is 43.5 Å². The van der Waals surface area contributed by atoms with Crippen LogP contribution in [-0.2, 0) is 11.3 Å². The van der Waals surface area contributed by atoms with Gasteiger partial charge in [-0.05, 0) is 64.0 Å². The van der Waals surface area contributed by atoms with Gasteiger partial charge in [-0.2, -0.15) is 0 Å². The Bertz CT molecular complexity index is 1290. The van der Waals surface area contributed by atoms with Gasteiger partial charge in [0.25, 0.3) is 5.56 Å². The summed E-state index contributed by atoms with van der Waals surface area (Å²) in [7, 11) is 0. The van der Waals surface area contributed by atoms with Gasteiger partial charge in [0.1, 0.15) is 5.65 Å². The lowest BCUT2D eigenvalue weighted by Gasteiger charge is -2.28. The van der Waals surface area contributed by atoms with Gasteiger partial charge in [0.15, 0.2) is 0 Å². The molecule has 0 atom stereocenters. The number of benzene rings is 1. The number of fused-ring (bicyclic) bond motifs is 1. The lowest BCUT2D eigenvalue weighted by molar-refractivity contribution is 0.122. The summed E-state index contributed by atoms with van der Waals surface area (Å²) in [6.45, 7) is 3.63. The molecule has 0 saturated carbocycles. The van der Waals surface area contributed by atoms with Crippen molar-refractivity contribution in [2.45, 2.75) is 6.54 Å². The molecule has 1 fully saturated rings. The Hall–Kier alpha value is -2.36. The molecule has 1 aromatic carbocycles. The maximum absolute atomic E-state index is 12.8. The molecular formula is C23H20ClIN4O2. The monoisotopic (exact) mass is 546 g/mol. The zero-order valence-electron chi connectivity index (χ0n) is 16.6. The molecule has 6 nitrogen and oxygen atoms in total. The highest BCUT2D eigenvalue weighted by molar-refractivity contribution is 14.1. The fourth-order valence-corrected chi connectivity index (χ4v) is 5.11. The molecule has 0 radical (unpaired) electrons. The third-order valence-electron chi connectivity index (χ3n) is 5.48. The average molecular weight is 547 g/mol. The second-order valence-corrected chi connectivity index (χ2v) is 9.23. The number of nitrogens with zero attached hydrogens (tertiary/aromatic N) is 3. The first-order chi connectivity index (χ1) is 15.1. The highest BCUT2D eigenvalue weighted by atomic mass is 127. The normalized spacial score (nSPS) is 14.3. The number of anilines is 1. The number of ether oxygens (including phenoxy) is 1. The molecule has 1 aliphatic heterocycles. The van der Waals surface area contributed by atoms with Crippen molar-refractivity contribution in [3.05, 3.63) is 79.5 Å². The van der Waals surface area contributed by atoms with E-state index in [1.807, 2.05) is 42.9 Å². The van der Waals surface area contributed by atoms with Gasteiger partial charge in [-0.3, -0.25) is 4.79 Å². The van der Waals surface area contributed by atoms with Crippen LogP contribution < -0.4 is 10.5 Å². The molecule has 1 aliphatic rings. The van der Waals surface area contributed by atoms with Crippen LogP contribution in [0.2, 0.25) is 5.02 Å². The van der Waals surface area contributed by atoms with Gasteiger partial charge in [-0.1, -0.05) is 11.6 Å². The van der Waals surface area contributed by atoms with E-state index >= 15 is 0 Å². The molecule has 8 heteroatoms. The molecule has 1 N–H and O–H groups in total. The van der Waals surface area contributed by atoms with Gasteiger partial charge in [-0.15, -0.1) is 0 Å². The fraction of sp³-hybridized carbons (Fsp3) is 0.217. The Morgan fingerprint density at radius 2 is 2.00 bits per heavy atom. The summed E-state index contributed by atoms with van der Waals surface area (Å²) < 4.78 is 8.19. The van der Waals surface area contributed by atoms with Crippen LogP contribution in [0.15, 0.2) is 59.8 Å². The molecule has 4 aromatic rings. The molecule has 0 amide bonds. The highest BCUT2D eigenvalue weighted by Crippen LogP contribution is 2.30. The second kappa shape index (κ2) is 8.64. The first kappa shape index (κ1) is 20.5. The van der Waals surface area contributed by atoms with E-state index in [1.165, 1.54) is 0 Å². The summed E-state index contributed by atoms with van der Waals surface area (Å²) in [6.07, 6.45) is 5.64. The van der Waals surface area contributed by atoms with Crippen molar-refractivity contribution >= 4 is 50.9 Å². The molecule has 1 saturated heterocycles. The van der Waals surface area contributed by atoms with E-state index in [4.69, 9.17) is 16.3 Å². The Balaban J connectivity index is 1.47. The van der Waals surface area contributed by atoms with Gasteiger partial charge in [0.05, 0.1) is 31.6 Å². The zero-order chi connectivity index (χ0) is 21.4. The lowest BCUT2D eigenvalue weighted by Crippen LogP contribution is -2.36. The topological polar surface area (TPSA) is 63.1 Å². The number of morpholine rings is 1. The van der Waals surface area contributed by atoms with E-state index < -0.39 is 0 Å². The molecule has 5 rings (SSSR count). The van der Waals surface area contributed by atoms with E-state index in [-0.39, 0.29) is 5.56 Å². The predicted octanol–water partition coefficient (Wildman–Crippen LogP) is 4.53. The van der Waals surface area contributed by atoms with Crippen LogP contribution in [0.4, 0.5) is 5.69 Å². The standard InChI is InChI=1S/C23H20ClIN4O2/c24-17-7-15(8-18(25)10-17)14-29-2-1-16(9-22(29)30)21-13-27-23-20(21)11-19(12-26-23)28-3-5-31-6-4-28/h1-2,7-13H,3-6,14H2,(H,26,27). The predicted molar refractivity (Wildman–Crippen MR) is 132 cm³/mol. The maximum atomic E-state index is 12.8. The summed E-state index contributed by atoms with van der Waals surface area (Å²) >= 11 is 8.39. The first-order valence-corrected chi connectivity index (χ1v) is 11.5. The fourth-order valence-electron chi connectivity index (χ4n) is 3.93. The molecule has 158 valence electrons. The van der Waals surface area contributed by atoms with Crippen LogP contribution in [0.5, 0.6) is 0 Å². The Kier molecular flexibility index (Phi) is 5.73. The summed E-state index contributed by atoms with van der Waals surface area (Å²) in [5, 5.41) is 1.68. The van der Waals surface area contributed by atoms with Crippen LogP contribution in [0.1, 0.15) is 5.56 Å². The first-order valence-electron chi connectivity index (χ1n) is 10.0. The van der Waals surface area contributed by atoms with Gasteiger partial charge in [0, 0.05) is 51.1 Å². The number of rotatable bonds is 4. The second-order valence-electron chi connectivity index (χ2n) is 7.55. The zero-order valence-corrected chi connectivity index (χ0v) is 19.6. The van der Waals surface area contributed by atoms with Crippen LogP contribution in [0, 0.1) is 3.57 Å². The van der Waals surface area contributed by atoms with Gasteiger partial charge >= 0.3 is 0 Å². The largest absolute Gasteiger partial charge is 0.378 e. The van der Waals surface area contributed by atoms with Crippen molar-refractivity contribution in [3.8, 4) is 11.1 Å². The van der Waals surface area contributed by atoms with E-state index in [0.717, 1.165) is 63.3 Å². The van der Waals surface area contributed by atoms with Crippen molar-refractivity contribution < 1.29 is 4.74 Å². The molecule has 31 heavy (non-hydrogen) atoms. The third-order valence-corrected chi connectivity index (χ3v) is 6.32. The highest BCUT2D eigenvalue weighted by Gasteiger charge is 2.15. The quantitative estimate of drug-likeness (QED) is 0.382.